The maximum absolute atomic E-state index is 12.9. The van der Waals surface area contributed by atoms with E-state index in [1.54, 1.807) is 27.9 Å². The minimum Gasteiger partial charge on any atom is -0.465 e. The standard InChI is InChI=1S/C14H26N2O3S/c1-7-12(8-2)16(6)20(17,18)14-11(4)19-10(3)13(14)9-15-5/h12,15H,7-9H2,1-6H3. The average Bonchev–Trinajstić information content (AvgIpc) is 2.66. The molecule has 0 aliphatic rings. The van der Waals surface area contributed by atoms with Crippen LogP contribution in [-0.4, -0.2) is 32.9 Å². The number of rotatable bonds is 7. The van der Waals surface area contributed by atoms with Gasteiger partial charge in [0.2, 0.25) is 10.0 Å². The highest BCUT2D eigenvalue weighted by Gasteiger charge is 2.32. The summed E-state index contributed by atoms with van der Waals surface area (Å²) in [5, 5.41) is 3.00. The lowest BCUT2D eigenvalue weighted by atomic mass is 10.2. The van der Waals surface area contributed by atoms with Crippen LogP contribution in [0.5, 0.6) is 0 Å². The van der Waals surface area contributed by atoms with Crippen LogP contribution in [0.15, 0.2) is 9.31 Å². The van der Waals surface area contributed by atoms with Crippen molar-refractivity contribution in [2.24, 2.45) is 0 Å². The lowest BCUT2D eigenvalue weighted by Gasteiger charge is -2.25. The Balaban J connectivity index is 3.35. The van der Waals surface area contributed by atoms with Crippen LogP contribution >= 0.6 is 0 Å². The van der Waals surface area contributed by atoms with E-state index in [9.17, 15) is 8.42 Å². The van der Waals surface area contributed by atoms with Crippen LogP contribution in [0.4, 0.5) is 0 Å². The molecule has 0 unspecified atom stereocenters. The van der Waals surface area contributed by atoms with Gasteiger partial charge in [0.05, 0.1) is 0 Å². The third kappa shape index (κ3) is 3.07. The van der Waals surface area contributed by atoms with Crippen molar-refractivity contribution in [2.75, 3.05) is 14.1 Å². The summed E-state index contributed by atoms with van der Waals surface area (Å²) in [6.45, 7) is 7.99. The van der Waals surface area contributed by atoms with E-state index in [-0.39, 0.29) is 6.04 Å². The molecule has 116 valence electrons. The SMILES string of the molecule is CCC(CC)N(C)S(=O)(=O)c1c(C)oc(C)c1CNC. The molecule has 6 heteroatoms. The van der Waals surface area contributed by atoms with Crippen LogP contribution in [0.1, 0.15) is 43.8 Å². The van der Waals surface area contributed by atoms with E-state index in [1.165, 1.54) is 4.31 Å². The Morgan fingerprint density at radius 2 is 1.75 bits per heavy atom. The first-order valence-corrected chi connectivity index (χ1v) is 8.46. The number of furan rings is 1. The van der Waals surface area contributed by atoms with Crippen molar-refractivity contribution in [1.29, 1.82) is 0 Å². The van der Waals surface area contributed by atoms with Gasteiger partial charge in [0, 0.05) is 25.2 Å². The monoisotopic (exact) mass is 302 g/mol. The molecule has 0 atom stereocenters. The Hall–Kier alpha value is -0.850. The molecule has 0 saturated heterocycles. The van der Waals surface area contributed by atoms with Gasteiger partial charge in [-0.25, -0.2) is 8.42 Å². The smallest absolute Gasteiger partial charge is 0.246 e. The second-order valence-corrected chi connectivity index (χ2v) is 6.98. The summed E-state index contributed by atoms with van der Waals surface area (Å²) in [7, 11) is -0.0804. The van der Waals surface area contributed by atoms with E-state index < -0.39 is 10.0 Å². The van der Waals surface area contributed by atoms with Crippen LogP contribution in [0.25, 0.3) is 0 Å². The lowest BCUT2D eigenvalue weighted by molar-refractivity contribution is 0.348. The zero-order valence-electron chi connectivity index (χ0n) is 13.3. The van der Waals surface area contributed by atoms with Gasteiger partial charge in [-0.3, -0.25) is 0 Å². The van der Waals surface area contributed by atoms with Crippen molar-refractivity contribution in [3.8, 4) is 0 Å². The molecule has 0 radical (unpaired) electrons. The summed E-state index contributed by atoms with van der Waals surface area (Å²) in [5.74, 6) is 1.12. The summed E-state index contributed by atoms with van der Waals surface area (Å²) >= 11 is 0. The molecular weight excluding hydrogens is 276 g/mol. The predicted molar refractivity (Wildman–Crippen MR) is 80.3 cm³/mol. The molecule has 5 nitrogen and oxygen atoms in total. The van der Waals surface area contributed by atoms with Gasteiger partial charge >= 0.3 is 0 Å². The molecule has 1 heterocycles. The van der Waals surface area contributed by atoms with Crippen LogP contribution < -0.4 is 5.32 Å². The maximum atomic E-state index is 12.9. The number of nitrogens with zero attached hydrogens (tertiary/aromatic N) is 1. The quantitative estimate of drug-likeness (QED) is 0.840. The van der Waals surface area contributed by atoms with Gasteiger partial charge in [-0.1, -0.05) is 13.8 Å². The molecule has 1 rings (SSSR count). The number of nitrogens with one attached hydrogen (secondary N) is 1. The molecule has 0 fully saturated rings. The fourth-order valence-corrected chi connectivity index (χ4v) is 4.48. The van der Waals surface area contributed by atoms with Crippen LogP contribution in [0.2, 0.25) is 0 Å². The molecule has 0 aliphatic carbocycles. The van der Waals surface area contributed by atoms with E-state index >= 15 is 0 Å². The number of hydrogen-bond donors (Lipinski definition) is 1. The van der Waals surface area contributed by atoms with Crippen LogP contribution in [0, 0.1) is 13.8 Å². The normalized spacial score (nSPS) is 12.6. The lowest BCUT2D eigenvalue weighted by Crippen LogP contribution is -2.37. The second kappa shape index (κ2) is 6.74. The zero-order chi connectivity index (χ0) is 15.5. The molecule has 0 spiro atoms. The summed E-state index contributed by atoms with van der Waals surface area (Å²) < 4.78 is 32.7. The summed E-state index contributed by atoms with van der Waals surface area (Å²) in [5.41, 5.74) is 0.725. The van der Waals surface area contributed by atoms with Gasteiger partial charge in [0.15, 0.2) is 0 Å². The van der Waals surface area contributed by atoms with E-state index in [1.807, 2.05) is 13.8 Å². The molecular formula is C14H26N2O3S. The molecule has 0 saturated carbocycles. The van der Waals surface area contributed by atoms with Gasteiger partial charge in [0.1, 0.15) is 16.4 Å². The Morgan fingerprint density at radius 3 is 2.20 bits per heavy atom. The number of aryl methyl sites for hydroxylation is 2. The predicted octanol–water partition coefficient (Wildman–Crippen LogP) is 2.42. The van der Waals surface area contributed by atoms with Crippen molar-refractivity contribution in [1.82, 2.24) is 9.62 Å². The van der Waals surface area contributed by atoms with Crippen molar-refractivity contribution in [3.05, 3.63) is 17.1 Å². The highest BCUT2D eigenvalue weighted by Crippen LogP contribution is 2.30. The van der Waals surface area contributed by atoms with Gasteiger partial charge in [0.25, 0.3) is 0 Å². The molecule has 0 aromatic carbocycles. The number of hydrogen-bond acceptors (Lipinski definition) is 4. The molecule has 0 bridgehead atoms. The Bertz CT molecular complexity index is 545. The highest BCUT2D eigenvalue weighted by molar-refractivity contribution is 7.89. The van der Waals surface area contributed by atoms with Crippen LogP contribution in [-0.2, 0) is 16.6 Å². The van der Waals surface area contributed by atoms with Crippen molar-refractivity contribution in [2.45, 2.75) is 58.0 Å². The molecule has 0 amide bonds. The molecule has 1 aromatic rings. The molecule has 1 aromatic heterocycles. The Morgan fingerprint density at radius 1 is 1.20 bits per heavy atom. The Kier molecular flexibility index (Phi) is 5.79. The van der Waals surface area contributed by atoms with Gasteiger partial charge < -0.3 is 9.73 Å². The van der Waals surface area contributed by atoms with E-state index in [4.69, 9.17) is 4.42 Å². The van der Waals surface area contributed by atoms with E-state index in [2.05, 4.69) is 5.32 Å². The fourth-order valence-electron chi connectivity index (χ4n) is 2.57. The first kappa shape index (κ1) is 17.2. The van der Waals surface area contributed by atoms with Gasteiger partial charge in [-0.2, -0.15) is 4.31 Å². The molecule has 1 N–H and O–H groups in total. The fraction of sp³-hybridized carbons (Fsp3) is 0.714. The van der Waals surface area contributed by atoms with Crippen LogP contribution in [0.3, 0.4) is 0 Å². The minimum atomic E-state index is -3.53. The summed E-state index contributed by atoms with van der Waals surface area (Å²) in [6.07, 6.45) is 1.59. The van der Waals surface area contributed by atoms with Gasteiger partial charge in [-0.15, -0.1) is 0 Å². The van der Waals surface area contributed by atoms with Gasteiger partial charge in [-0.05, 0) is 33.7 Å². The van der Waals surface area contributed by atoms with E-state index in [0.29, 0.717) is 23.0 Å². The summed E-state index contributed by atoms with van der Waals surface area (Å²) in [4.78, 5) is 0.318. The third-order valence-electron chi connectivity index (χ3n) is 3.77. The minimum absolute atomic E-state index is 0.0111. The first-order chi connectivity index (χ1) is 9.31. The van der Waals surface area contributed by atoms with E-state index in [0.717, 1.165) is 18.4 Å². The van der Waals surface area contributed by atoms with Crippen molar-refractivity contribution < 1.29 is 12.8 Å². The van der Waals surface area contributed by atoms with Crippen molar-refractivity contribution >= 4 is 10.0 Å². The average molecular weight is 302 g/mol. The Labute approximate surface area is 122 Å². The largest absolute Gasteiger partial charge is 0.465 e. The highest BCUT2D eigenvalue weighted by atomic mass is 32.2. The zero-order valence-corrected chi connectivity index (χ0v) is 14.1. The molecule has 0 aliphatic heterocycles. The number of sulfonamides is 1. The first-order valence-electron chi connectivity index (χ1n) is 7.02. The third-order valence-corrected chi connectivity index (χ3v) is 5.88. The topological polar surface area (TPSA) is 62.6 Å². The molecule has 20 heavy (non-hydrogen) atoms. The van der Waals surface area contributed by atoms with Crippen molar-refractivity contribution in [3.63, 3.8) is 0 Å². The second-order valence-electron chi connectivity index (χ2n) is 5.04. The summed E-state index contributed by atoms with van der Waals surface area (Å²) in [6, 6.07) is 0.0111. The maximum Gasteiger partial charge on any atom is 0.246 e.